The van der Waals surface area contributed by atoms with Crippen LogP contribution in [0.25, 0.3) is 33.2 Å². The van der Waals surface area contributed by atoms with Gasteiger partial charge in [-0.15, -0.1) is 0 Å². The van der Waals surface area contributed by atoms with Crippen LogP contribution in [0.5, 0.6) is 0 Å². The van der Waals surface area contributed by atoms with Gasteiger partial charge in [-0.05, 0) is 57.9 Å². The molecule has 2 N–H and O–H groups in total. The van der Waals surface area contributed by atoms with Gasteiger partial charge in [-0.25, -0.2) is 9.78 Å². The average Bonchev–Trinajstić information content (AvgIpc) is 2.88. The van der Waals surface area contributed by atoms with E-state index in [0.717, 1.165) is 0 Å². The van der Waals surface area contributed by atoms with E-state index in [2.05, 4.69) is 15.0 Å². The third-order valence-corrected chi connectivity index (χ3v) is 6.80. The van der Waals surface area contributed by atoms with Crippen LogP contribution in [0.15, 0.2) is 46.2 Å². The molecule has 1 saturated heterocycles. The van der Waals surface area contributed by atoms with Crippen LogP contribution in [0, 0.1) is 0 Å². The van der Waals surface area contributed by atoms with Gasteiger partial charge in [0.15, 0.2) is 0 Å². The lowest BCUT2D eigenvalue weighted by molar-refractivity contribution is -0.149. The Morgan fingerprint density at radius 3 is 2.45 bits per heavy atom. The van der Waals surface area contributed by atoms with Gasteiger partial charge in [0.1, 0.15) is 16.9 Å². The molecule has 196 valence electrons. The van der Waals surface area contributed by atoms with Gasteiger partial charge in [0.05, 0.1) is 22.1 Å². The van der Waals surface area contributed by atoms with Crippen LogP contribution in [0.4, 0.5) is 0 Å². The van der Waals surface area contributed by atoms with Crippen LogP contribution in [0.1, 0.15) is 45.3 Å². The van der Waals surface area contributed by atoms with Gasteiger partial charge in [0.2, 0.25) is 0 Å². The molecule has 1 fully saturated rings. The molecule has 0 radical (unpaired) electrons. The topological polar surface area (TPSA) is 151 Å². The molecule has 0 bridgehead atoms. The number of aromatic nitrogens is 5. The monoisotopic (exact) mass is 516 g/mol. The Hall–Kier alpha value is -4.25. The Morgan fingerprint density at radius 1 is 1.08 bits per heavy atom. The number of hydrogen-bond donors (Lipinski definition) is 2. The summed E-state index contributed by atoms with van der Waals surface area (Å²) in [5.74, 6) is -0.344. The van der Waals surface area contributed by atoms with E-state index < -0.39 is 16.9 Å². The molecule has 1 aliphatic rings. The van der Waals surface area contributed by atoms with Crippen LogP contribution in [-0.4, -0.2) is 64.9 Å². The first kappa shape index (κ1) is 25.4. The molecule has 11 nitrogen and oxygen atoms in total. The molecule has 0 aromatic carbocycles. The number of rotatable bonds is 5. The summed E-state index contributed by atoms with van der Waals surface area (Å²) in [5.41, 5.74) is 0.699. The third-order valence-electron chi connectivity index (χ3n) is 6.80. The zero-order valence-electron chi connectivity index (χ0n) is 21.4. The molecule has 0 unspecified atom stereocenters. The molecule has 0 aliphatic carbocycles. The minimum Gasteiger partial charge on any atom is -0.381 e. The highest BCUT2D eigenvalue weighted by molar-refractivity contribution is 6.01. The summed E-state index contributed by atoms with van der Waals surface area (Å²) in [6.07, 6.45) is 4.26. The molecule has 0 spiro atoms. The van der Waals surface area contributed by atoms with Gasteiger partial charge in [0, 0.05) is 49.2 Å². The lowest BCUT2D eigenvalue weighted by atomic mass is 10.0. The zero-order valence-corrected chi connectivity index (χ0v) is 21.4. The summed E-state index contributed by atoms with van der Waals surface area (Å²) in [6.45, 7) is 5.14. The number of carbonyl (C=O) groups is 2. The normalized spacial score (nSPS) is 14.8. The number of pyridine rings is 3. The van der Waals surface area contributed by atoms with Gasteiger partial charge < -0.3 is 10.0 Å². The van der Waals surface area contributed by atoms with Crippen molar-refractivity contribution in [3.05, 3.63) is 63.2 Å². The Bertz CT molecular complexity index is 1680. The van der Waals surface area contributed by atoms with Crippen molar-refractivity contribution in [2.24, 2.45) is 0 Å². The number of fused-ring (bicyclic) bond motifs is 3. The van der Waals surface area contributed by atoms with Crippen LogP contribution in [0.2, 0.25) is 0 Å². The summed E-state index contributed by atoms with van der Waals surface area (Å²) < 4.78 is 1.55. The van der Waals surface area contributed by atoms with Crippen molar-refractivity contribution in [3.8, 4) is 11.3 Å². The Kier molecular flexibility index (Phi) is 6.39. The summed E-state index contributed by atoms with van der Waals surface area (Å²) >= 11 is 0. The Morgan fingerprint density at radius 2 is 1.82 bits per heavy atom. The SMILES string of the molecule is CC(=O)Cc1ccc(-c2ccc3ncc4c(=O)[nH]c(=O)n(C5CCN(C(=O)C(C)(C)O)CC5)c4c3n2)cn1. The van der Waals surface area contributed by atoms with Gasteiger partial charge in [-0.2, -0.15) is 0 Å². The first-order valence-corrected chi connectivity index (χ1v) is 12.4. The largest absolute Gasteiger partial charge is 0.381 e. The van der Waals surface area contributed by atoms with E-state index in [-0.39, 0.29) is 29.5 Å². The van der Waals surface area contributed by atoms with Crippen LogP contribution < -0.4 is 11.2 Å². The van der Waals surface area contributed by atoms with Crippen molar-refractivity contribution in [1.29, 1.82) is 0 Å². The highest BCUT2D eigenvalue weighted by Gasteiger charge is 2.33. The second kappa shape index (κ2) is 9.56. The Labute approximate surface area is 217 Å². The molecule has 5 heterocycles. The standard InChI is InChI=1S/C27H28N6O5/c1-15(34)12-17-5-4-16(13-28-17)20-6-7-21-22(30-20)23-19(14-29-21)24(35)31-26(37)33(23)18-8-10-32(11-9-18)25(36)27(2,3)38/h4-7,13-14,18,38H,8-12H2,1-3H3,(H,31,35,37). The maximum absolute atomic E-state index is 13.2. The number of amides is 1. The fraction of sp³-hybridized carbons (Fsp3) is 0.370. The second-order valence-electron chi connectivity index (χ2n) is 10.2. The van der Waals surface area contributed by atoms with Crippen molar-refractivity contribution >= 4 is 33.6 Å². The van der Waals surface area contributed by atoms with Gasteiger partial charge >= 0.3 is 5.69 Å². The molecule has 1 aliphatic heterocycles. The van der Waals surface area contributed by atoms with Gasteiger partial charge in [-0.1, -0.05) is 0 Å². The molecule has 5 rings (SSSR count). The number of nitrogens with zero attached hydrogens (tertiary/aromatic N) is 5. The molecule has 0 saturated carbocycles. The third kappa shape index (κ3) is 4.72. The molecular weight excluding hydrogens is 488 g/mol. The lowest BCUT2D eigenvalue weighted by Gasteiger charge is -2.36. The average molecular weight is 517 g/mol. The van der Waals surface area contributed by atoms with Crippen molar-refractivity contribution in [2.75, 3.05) is 13.1 Å². The van der Waals surface area contributed by atoms with E-state index in [1.54, 1.807) is 33.9 Å². The fourth-order valence-electron chi connectivity index (χ4n) is 4.95. The van der Waals surface area contributed by atoms with E-state index in [1.807, 2.05) is 6.07 Å². The van der Waals surface area contributed by atoms with Crippen molar-refractivity contribution in [2.45, 2.75) is 51.7 Å². The summed E-state index contributed by atoms with van der Waals surface area (Å²) in [4.78, 5) is 67.4. The van der Waals surface area contributed by atoms with E-state index in [9.17, 15) is 24.3 Å². The van der Waals surface area contributed by atoms with E-state index in [0.29, 0.717) is 59.4 Å². The number of carbonyl (C=O) groups excluding carboxylic acids is 2. The molecule has 4 aromatic rings. The minimum atomic E-state index is -1.48. The van der Waals surface area contributed by atoms with E-state index in [4.69, 9.17) is 4.98 Å². The van der Waals surface area contributed by atoms with Crippen LogP contribution in [0.3, 0.4) is 0 Å². The number of aromatic amines is 1. The summed E-state index contributed by atoms with van der Waals surface area (Å²) in [6, 6.07) is 6.87. The number of H-pyrrole nitrogens is 1. The van der Waals surface area contributed by atoms with Gasteiger partial charge in [0.25, 0.3) is 11.5 Å². The second-order valence-corrected chi connectivity index (χ2v) is 10.2. The summed E-state index contributed by atoms with van der Waals surface area (Å²) in [5, 5.41) is 10.4. The molecule has 11 heteroatoms. The van der Waals surface area contributed by atoms with Crippen LogP contribution in [-0.2, 0) is 16.0 Å². The highest BCUT2D eigenvalue weighted by atomic mass is 16.3. The summed E-state index contributed by atoms with van der Waals surface area (Å²) in [7, 11) is 0. The zero-order chi connectivity index (χ0) is 27.2. The quantitative estimate of drug-likeness (QED) is 0.381. The van der Waals surface area contributed by atoms with Gasteiger partial charge in [-0.3, -0.25) is 33.9 Å². The smallest absolute Gasteiger partial charge is 0.329 e. The molecule has 0 atom stereocenters. The molecular formula is C27H28N6O5. The molecule has 4 aromatic heterocycles. The predicted octanol–water partition coefficient (Wildman–Crippen LogP) is 1.76. The number of hydrogen-bond acceptors (Lipinski definition) is 8. The van der Waals surface area contributed by atoms with Crippen molar-refractivity contribution in [1.82, 2.24) is 29.4 Å². The maximum Gasteiger partial charge on any atom is 0.329 e. The molecule has 38 heavy (non-hydrogen) atoms. The number of aliphatic hydroxyl groups is 1. The maximum atomic E-state index is 13.2. The fourth-order valence-corrected chi connectivity index (χ4v) is 4.95. The predicted molar refractivity (Wildman–Crippen MR) is 141 cm³/mol. The van der Waals surface area contributed by atoms with E-state index >= 15 is 0 Å². The van der Waals surface area contributed by atoms with Crippen LogP contribution >= 0.6 is 0 Å². The minimum absolute atomic E-state index is 0.0186. The number of piperidine rings is 1. The highest BCUT2D eigenvalue weighted by Crippen LogP contribution is 2.29. The number of likely N-dealkylation sites (tertiary alicyclic amines) is 1. The van der Waals surface area contributed by atoms with Crippen molar-refractivity contribution in [3.63, 3.8) is 0 Å². The number of nitrogens with one attached hydrogen (secondary N) is 1. The molecule has 1 amide bonds. The number of Topliss-reactive ketones (excluding diaryl/α,β-unsaturated/α-hetero) is 1. The Balaban J connectivity index is 1.60. The first-order chi connectivity index (χ1) is 18.0. The first-order valence-electron chi connectivity index (χ1n) is 12.4. The lowest BCUT2D eigenvalue weighted by Crippen LogP contribution is -2.49. The van der Waals surface area contributed by atoms with E-state index in [1.165, 1.54) is 27.0 Å². The van der Waals surface area contributed by atoms with Crippen molar-refractivity contribution < 1.29 is 14.7 Å². The number of ketones is 1.